The second kappa shape index (κ2) is 8.88. The number of nitrogens with zero attached hydrogens (tertiary/aromatic N) is 3. The summed E-state index contributed by atoms with van der Waals surface area (Å²) in [7, 11) is 1.78. The molecule has 2 unspecified atom stereocenters. The first-order chi connectivity index (χ1) is 13.1. The van der Waals surface area contributed by atoms with E-state index in [-0.39, 0.29) is 18.5 Å². The number of urea groups is 1. The number of imide groups is 1. The zero-order valence-corrected chi connectivity index (χ0v) is 16.1. The van der Waals surface area contributed by atoms with Crippen molar-refractivity contribution in [1.82, 2.24) is 20.4 Å². The van der Waals surface area contributed by atoms with Gasteiger partial charge in [-0.3, -0.25) is 14.7 Å². The zero-order valence-electron chi connectivity index (χ0n) is 16.1. The van der Waals surface area contributed by atoms with Gasteiger partial charge in [-0.25, -0.2) is 4.79 Å². The molecule has 2 saturated heterocycles. The van der Waals surface area contributed by atoms with Crippen molar-refractivity contribution in [3.05, 3.63) is 35.9 Å². The van der Waals surface area contributed by atoms with E-state index in [0.29, 0.717) is 24.9 Å². The maximum atomic E-state index is 11.7. The largest absolute Gasteiger partial charge is 0.354 e. The number of hydrogen-bond donors (Lipinski definition) is 2. The molecule has 0 aliphatic carbocycles. The zero-order chi connectivity index (χ0) is 19.2. The van der Waals surface area contributed by atoms with Crippen LogP contribution in [0.2, 0.25) is 0 Å². The normalized spacial score (nSPS) is 23.6. The fraction of sp³-hybridized carbons (Fsp3) is 0.550. The number of hydrogen-bond acceptors (Lipinski definition) is 3. The van der Waals surface area contributed by atoms with Gasteiger partial charge < -0.3 is 15.5 Å². The predicted octanol–water partition coefficient (Wildman–Crippen LogP) is 1.63. The molecule has 146 valence electrons. The minimum absolute atomic E-state index is 0.0960. The van der Waals surface area contributed by atoms with Gasteiger partial charge in [-0.2, -0.15) is 0 Å². The molecule has 3 rings (SSSR count). The maximum absolute atomic E-state index is 11.7. The lowest BCUT2D eigenvalue weighted by Crippen LogP contribution is -2.50. The van der Waals surface area contributed by atoms with Crippen molar-refractivity contribution in [3.8, 4) is 0 Å². The molecule has 2 fully saturated rings. The summed E-state index contributed by atoms with van der Waals surface area (Å²) in [5.41, 5.74) is 1.42. The SMILES string of the molecule is CCC1CN(C(=NC)NCCN2C(=O)CNC2=O)CCC1c1ccccc1. The molecule has 27 heavy (non-hydrogen) atoms. The van der Waals surface area contributed by atoms with Crippen LogP contribution in [0, 0.1) is 5.92 Å². The van der Waals surface area contributed by atoms with Crippen LogP contribution in [0.25, 0.3) is 0 Å². The standard InChI is InChI=1S/C20H29N5O2/c1-3-15-14-24(11-9-17(15)16-7-5-4-6-8-16)19(21-2)22-10-12-25-18(26)13-23-20(25)27/h4-8,15,17H,3,9-14H2,1-2H3,(H,21,22)(H,23,27). The van der Waals surface area contributed by atoms with Crippen LogP contribution in [0.4, 0.5) is 4.79 Å². The van der Waals surface area contributed by atoms with E-state index in [0.717, 1.165) is 31.9 Å². The van der Waals surface area contributed by atoms with Crippen molar-refractivity contribution < 1.29 is 9.59 Å². The molecule has 1 aromatic carbocycles. The van der Waals surface area contributed by atoms with E-state index in [1.54, 1.807) is 7.05 Å². The first-order valence-corrected chi connectivity index (χ1v) is 9.72. The van der Waals surface area contributed by atoms with Gasteiger partial charge in [-0.05, 0) is 23.8 Å². The number of rotatable bonds is 5. The molecule has 2 heterocycles. The summed E-state index contributed by atoms with van der Waals surface area (Å²) in [5.74, 6) is 1.82. The van der Waals surface area contributed by atoms with Gasteiger partial charge in [0.1, 0.15) is 0 Å². The predicted molar refractivity (Wildman–Crippen MR) is 106 cm³/mol. The molecular weight excluding hydrogens is 342 g/mol. The Balaban J connectivity index is 1.55. The molecule has 3 amide bonds. The molecule has 0 saturated carbocycles. The van der Waals surface area contributed by atoms with Gasteiger partial charge >= 0.3 is 6.03 Å². The first-order valence-electron chi connectivity index (χ1n) is 9.72. The van der Waals surface area contributed by atoms with Crippen LogP contribution in [0.5, 0.6) is 0 Å². The van der Waals surface area contributed by atoms with Crippen molar-refractivity contribution in [3.63, 3.8) is 0 Å². The number of likely N-dealkylation sites (tertiary alicyclic amines) is 1. The van der Waals surface area contributed by atoms with Crippen LogP contribution in [0.15, 0.2) is 35.3 Å². The van der Waals surface area contributed by atoms with Crippen molar-refractivity contribution >= 4 is 17.9 Å². The number of amides is 3. The third-order valence-electron chi connectivity index (χ3n) is 5.55. The summed E-state index contributed by atoms with van der Waals surface area (Å²) in [6.45, 7) is 5.09. The third-order valence-corrected chi connectivity index (χ3v) is 5.55. The molecule has 7 heteroatoms. The molecule has 0 bridgehead atoms. The molecule has 0 radical (unpaired) electrons. The lowest BCUT2D eigenvalue weighted by molar-refractivity contribution is -0.124. The Kier molecular flexibility index (Phi) is 6.32. The topological polar surface area (TPSA) is 77.0 Å². The summed E-state index contributed by atoms with van der Waals surface area (Å²) < 4.78 is 0. The lowest BCUT2D eigenvalue weighted by Gasteiger charge is -2.40. The third kappa shape index (κ3) is 4.40. The van der Waals surface area contributed by atoms with Crippen LogP contribution >= 0.6 is 0 Å². The average Bonchev–Trinajstić information content (AvgIpc) is 3.03. The molecule has 0 aromatic heterocycles. The van der Waals surface area contributed by atoms with Crippen molar-refractivity contribution in [1.29, 1.82) is 0 Å². The van der Waals surface area contributed by atoms with Crippen LogP contribution in [-0.2, 0) is 4.79 Å². The van der Waals surface area contributed by atoms with Gasteiger partial charge in [-0.15, -0.1) is 0 Å². The highest BCUT2D eigenvalue weighted by Crippen LogP contribution is 2.34. The Morgan fingerprint density at radius 3 is 2.70 bits per heavy atom. The van der Waals surface area contributed by atoms with Gasteiger partial charge in [-0.1, -0.05) is 43.7 Å². The smallest absolute Gasteiger partial charge is 0.324 e. The fourth-order valence-corrected chi connectivity index (χ4v) is 4.07. The maximum Gasteiger partial charge on any atom is 0.324 e. The quantitative estimate of drug-likeness (QED) is 0.469. The number of aliphatic imine (C=N–C) groups is 1. The van der Waals surface area contributed by atoms with E-state index >= 15 is 0 Å². The monoisotopic (exact) mass is 371 g/mol. The second-order valence-electron chi connectivity index (χ2n) is 7.10. The van der Waals surface area contributed by atoms with Gasteiger partial charge in [0.25, 0.3) is 0 Å². The van der Waals surface area contributed by atoms with E-state index in [9.17, 15) is 9.59 Å². The average molecular weight is 371 g/mol. The van der Waals surface area contributed by atoms with Gasteiger partial charge in [0.2, 0.25) is 5.91 Å². The van der Waals surface area contributed by atoms with Crippen LogP contribution in [0.3, 0.4) is 0 Å². The summed E-state index contributed by atoms with van der Waals surface area (Å²) in [6.07, 6.45) is 2.21. The highest BCUT2D eigenvalue weighted by Gasteiger charge is 2.31. The minimum Gasteiger partial charge on any atom is -0.354 e. The van der Waals surface area contributed by atoms with Crippen molar-refractivity contribution in [2.45, 2.75) is 25.7 Å². The highest BCUT2D eigenvalue weighted by atomic mass is 16.2. The number of carbonyl (C=O) groups excluding carboxylic acids is 2. The summed E-state index contributed by atoms with van der Waals surface area (Å²) in [4.78, 5) is 31.2. The molecule has 7 nitrogen and oxygen atoms in total. The van der Waals surface area contributed by atoms with Crippen LogP contribution < -0.4 is 10.6 Å². The Bertz CT molecular complexity index is 675. The van der Waals surface area contributed by atoms with Crippen LogP contribution in [0.1, 0.15) is 31.2 Å². The fourth-order valence-electron chi connectivity index (χ4n) is 4.07. The summed E-state index contributed by atoms with van der Waals surface area (Å²) >= 11 is 0. The Morgan fingerprint density at radius 2 is 2.07 bits per heavy atom. The molecule has 2 atom stereocenters. The van der Waals surface area contributed by atoms with E-state index in [1.807, 2.05) is 0 Å². The van der Waals surface area contributed by atoms with Gasteiger partial charge in [0.05, 0.1) is 6.54 Å². The Morgan fingerprint density at radius 1 is 1.30 bits per heavy atom. The molecule has 2 aliphatic rings. The van der Waals surface area contributed by atoms with Gasteiger partial charge in [0, 0.05) is 33.2 Å². The lowest BCUT2D eigenvalue weighted by atomic mass is 9.79. The summed E-state index contributed by atoms with van der Waals surface area (Å²) in [6, 6.07) is 10.4. The first kappa shape index (κ1) is 19.2. The number of benzene rings is 1. The van der Waals surface area contributed by atoms with E-state index in [1.165, 1.54) is 10.5 Å². The van der Waals surface area contributed by atoms with E-state index < -0.39 is 0 Å². The molecule has 1 aromatic rings. The highest BCUT2D eigenvalue weighted by molar-refractivity contribution is 6.01. The molecule has 0 spiro atoms. The molecule has 2 N–H and O–H groups in total. The Hall–Kier alpha value is -2.57. The van der Waals surface area contributed by atoms with Gasteiger partial charge in [0.15, 0.2) is 5.96 Å². The van der Waals surface area contributed by atoms with E-state index in [4.69, 9.17) is 0 Å². The molecular formula is C20H29N5O2. The number of piperidine rings is 1. The summed E-state index contributed by atoms with van der Waals surface area (Å²) in [5, 5.41) is 5.85. The van der Waals surface area contributed by atoms with Crippen molar-refractivity contribution in [2.24, 2.45) is 10.9 Å². The Labute approximate surface area is 160 Å². The number of nitrogens with one attached hydrogen (secondary N) is 2. The molecule has 2 aliphatic heterocycles. The minimum atomic E-state index is -0.313. The number of guanidine groups is 1. The van der Waals surface area contributed by atoms with Crippen LogP contribution in [-0.4, -0.2) is 67.5 Å². The second-order valence-corrected chi connectivity index (χ2v) is 7.10. The number of carbonyl (C=O) groups is 2. The van der Waals surface area contributed by atoms with Crippen molar-refractivity contribution in [2.75, 3.05) is 39.8 Å². The van der Waals surface area contributed by atoms with E-state index in [2.05, 4.69) is 57.8 Å².